The molecule has 1 N–H and O–H groups in total. The van der Waals surface area contributed by atoms with Gasteiger partial charge in [-0.15, -0.1) is 0 Å². The van der Waals surface area contributed by atoms with Crippen LogP contribution in [0.15, 0.2) is 0 Å². The van der Waals surface area contributed by atoms with Crippen LogP contribution >= 0.6 is 0 Å². The van der Waals surface area contributed by atoms with Crippen molar-refractivity contribution in [1.82, 2.24) is 0 Å². The Bertz CT molecular complexity index is 199. The van der Waals surface area contributed by atoms with Crippen LogP contribution in [-0.4, -0.2) is 11.2 Å². The van der Waals surface area contributed by atoms with Crippen molar-refractivity contribution in [1.29, 1.82) is 0 Å². The van der Waals surface area contributed by atoms with Gasteiger partial charge in [-0.3, -0.25) is 0 Å². The summed E-state index contributed by atoms with van der Waals surface area (Å²) >= 11 is 0. The van der Waals surface area contributed by atoms with Gasteiger partial charge in [0.05, 0.1) is 6.10 Å². The molecule has 1 heteroatoms. The minimum Gasteiger partial charge on any atom is -0.393 e. The van der Waals surface area contributed by atoms with Crippen LogP contribution in [-0.2, 0) is 0 Å². The second-order valence-electron chi connectivity index (χ2n) is 5.52. The highest BCUT2D eigenvalue weighted by atomic mass is 16.3. The summed E-state index contributed by atoms with van der Waals surface area (Å²) in [6, 6.07) is 0. The third-order valence-corrected chi connectivity index (χ3v) is 4.27. The average Bonchev–Trinajstić information content (AvgIpc) is 2.84. The van der Waals surface area contributed by atoms with Gasteiger partial charge in [0.2, 0.25) is 0 Å². The molecule has 2 rings (SSSR count). The lowest BCUT2D eigenvalue weighted by Crippen LogP contribution is -2.07. The Balaban J connectivity index is 1.81. The predicted molar refractivity (Wildman–Crippen MR) is 54.4 cm³/mol. The monoisotopic (exact) mass is 182 g/mol. The van der Waals surface area contributed by atoms with E-state index in [0.717, 1.165) is 11.8 Å². The van der Waals surface area contributed by atoms with Gasteiger partial charge in [0.1, 0.15) is 0 Å². The highest BCUT2D eigenvalue weighted by Crippen LogP contribution is 2.67. The van der Waals surface area contributed by atoms with E-state index in [9.17, 15) is 5.11 Å². The topological polar surface area (TPSA) is 20.2 Å². The molecule has 5 unspecified atom stereocenters. The van der Waals surface area contributed by atoms with Gasteiger partial charge in [-0.05, 0) is 49.4 Å². The molecule has 0 aromatic carbocycles. The molecule has 0 radical (unpaired) electrons. The molecule has 2 aliphatic rings. The van der Waals surface area contributed by atoms with E-state index in [1.165, 1.54) is 25.7 Å². The van der Waals surface area contributed by atoms with Gasteiger partial charge in [0.25, 0.3) is 0 Å². The maximum Gasteiger partial charge on any atom is 0.0543 e. The minimum atomic E-state index is -0.0588. The van der Waals surface area contributed by atoms with Crippen molar-refractivity contribution in [2.24, 2.45) is 23.2 Å². The van der Waals surface area contributed by atoms with Gasteiger partial charge in [-0.1, -0.05) is 20.3 Å². The Labute approximate surface area is 81.5 Å². The zero-order valence-corrected chi connectivity index (χ0v) is 9.09. The molecule has 13 heavy (non-hydrogen) atoms. The Morgan fingerprint density at radius 3 is 2.69 bits per heavy atom. The first-order valence-electron chi connectivity index (χ1n) is 5.76. The number of hydrogen-bond donors (Lipinski definition) is 1. The lowest BCUT2D eigenvalue weighted by Gasteiger charge is -2.09. The third-order valence-electron chi connectivity index (χ3n) is 4.27. The van der Waals surface area contributed by atoms with Crippen molar-refractivity contribution >= 4 is 0 Å². The SMILES string of the molecule is CCCC1(C)CC1C1CC1C(C)O. The molecule has 0 bridgehead atoms. The van der Waals surface area contributed by atoms with Crippen LogP contribution in [0.25, 0.3) is 0 Å². The van der Waals surface area contributed by atoms with Crippen LogP contribution < -0.4 is 0 Å². The molecule has 0 heterocycles. The fourth-order valence-electron chi connectivity index (χ4n) is 3.22. The maximum atomic E-state index is 9.44. The third kappa shape index (κ3) is 1.63. The Morgan fingerprint density at radius 1 is 1.54 bits per heavy atom. The van der Waals surface area contributed by atoms with Crippen LogP contribution in [0.3, 0.4) is 0 Å². The molecule has 5 atom stereocenters. The van der Waals surface area contributed by atoms with Crippen LogP contribution in [0.5, 0.6) is 0 Å². The van der Waals surface area contributed by atoms with Crippen LogP contribution in [0, 0.1) is 23.2 Å². The fraction of sp³-hybridized carbons (Fsp3) is 1.00. The molecule has 2 aliphatic carbocycles. The van der Waals surface area contributed by atoms with E-state index < -0.39 is 0 Å². The molecule has 0 spiro atoms. The van der Waals surface area contributed by atoms with Gasteiger partial charge < -0.3 is 5.11 Å². The van der Waals surface area contributed by atoms with Crippen molar-refractivity contribution in [3.05, 3.63) is 0 Å². The highest BCUT2D eigenvalue weighted by molar-refractivity contribution is 5.09. The normalized spacial score (nSPS) is 50.3. The van der Waals surface area contributed by atoms with Crippen molar-refractivity contribution < 1.29 is 5.11 Å². The summed E-state index contributed by atoms with van der Waals surface area (Å²) in [5.41, 5.74) is 0.656. The van der Waals surface area contributed by atoms with E-state index in [4.69, 9.17) is 0 Å². The lowest BCUT2D eigenvalue weighted by atomic mass is 9.97. The van der Waals surface area contributed by atoms with Crippen molar-refractivity contribution in [3.63, 3.8) is 0 Å². The van der Waals surface area contributed by atoms with E-state index in [1.54, 1.807) is 0 Å². The smallest absolute Gasteiger partial charge is 0.0543 e. The van der Waals surface area contributed by atoms with Gasteiger partial charge in [0, 0.05) is 0 Å². The molecular formula is C12H22O. The molecule has 0 aromatic rings. The van der Waals surface area contributed by atoms with Gasteiger partial charge in [-0.2, -0.15) is 0 Å². The molecule has 0 aromatic heterocycles. The summed E-state index contributed by atoms with van der Waals surface area (Å²) in [7, 11) is 0. The van der Waals surface area contributed by atoms with Gasteiger partial charge >= 0.3 is 0 Å². The minimum absolute atomic E-state index is 0.0588. The van der Waals surface area contributed by atoms with Gasteiger partial charge in [0.15, 0.2) is 0 Å². The van der Waals surface area contributed by atoms with Crippen LogP contribution in [0.4, 0.5) is 0 Å². The van der Waals surface area contributed by atoms with Crippen LogP contribution in [0.1, 0.15) is 46.5 Å². The molecule has 76 valence electrons. The number of rotatable bonds is 4. The zero-order chi connectivity index (χ0) is 9.64. The Kier molecular flexibility index (Phi) is 2.18. The van der Waals surface area contributed by atoms with Crippen molar-refractivity contribution in [2.75, 3.05) is 0 Å². The summed E-state index contributed by atoms with van der Waals surface area (Å²) in [6.07, 6.45) is 5.37. The van der Waals surface area contributed by atoms with E-state index in [0.29, 0.717) is 11.3 Å². The number of aliphatic hydroxyl groups is 1. The van der Waals surface area contributed by atoms with Crippen molar-refractivity contribution in [2.45, 2.75) is 52.6 Å². The van der Waals surface area contributed by atoms with E-state index >= 15 is 0 Å². The molecule has 2 fully saturated rings. The quantitative estimate of drug-likeness (QED) is 0.709. The maximum absolute atomic E-state index is 9.44. The summed E-state index contributed by atoms with van der Waals surface area (Å²) in [6.45, 7) is 6.66. The highest BCUT2D eigenvalue weighted by Gasteiger charge is 2.60. The first-order chi connectivity index (χ1) is 6.08. The Morgan fingerprint density at radius 2 is 2.23 bits per heavy atom. The molecular weight excluding hydrogens is 160 g/mol. The standard InChI is InChI=1S/C12H22O/c1-4-5-12(3)7-11(12)10-6-9(10)8(2)13/h8-11,13H,4-7H2,1-3H3. The molecule has 1 nitrogen and oxygen atoms in total. The second kappa shape index (κ2) is 2.98. The summed E-state index contributed by atoms with van der Waals surface area (Å²) in [4.78, 5) is 0. The van der Waals surface area contributed by atoms with E-state index in [-0.39, 0.29) is 6.10 Å². The number of aliphatic hydroxyl groups excluding tert-OH is 1. The van der Waals surface area contributed by atoms with E-state index in [1.807, 2.05) is 6.92 Å². The molecule has 0 aliphatic heterocycles. The molecule has 0 amide bonds. The predicted octanol–water partition coefficient (Wildman–Crippen LogP) is 2.83. The fourth-order valence-corrected chi connectivity index (χ4v) is 3.22. The van der Waals surface area contributed by atoms with Gasteiger partial charge in [-0.25, -0.2) is 0 Å². The van der Waals surface area contributed by atoms with E-state index in [2.05, 4.69) is 13.8 Å². The first kappa shape index (κ1) is 9.51. The molecule has 2 saturated carbocycles. The van der Waals surface area contributed by atoms with Crippen LogP contribution in [0.2, 0.25) is 0 Å². The Hall–Kier alpha value is -0.0400. The first-order valence-corrected chi connectivity index (χ1v) is 5.76. The van der Waals surface area contributed by atoms with Crippen molar-refractivity contribution in [3.8, 4) is 0 Å². The molecule has 0 saturated heterocycles. The number of hydrogen-bond acceptors (Lipinski definition) is 1. The zero-order valence-electron chi connectivity index (χ0n) is 9.09. The second-order valence-corrected chi connectivity index (χ2v) is 5.52. The summed E-state index contributed by atoms with van der Waals surface area (Å²) < 4.78 is 0. The average molecular weight is 182 g/mol. The lowest BCUT2D eigenvalue weighted by molar-refractivity contribution is 0.160. The summed E-state index contributed by atoms with van der Waals surface area (Å²) in [5, 5.41) is 9.44. The summed E-state index contributed by atoms with van der Waals surface area (Å²) in [5.74, 6) is 2.47. The largest absolute Gasteiger partial charge is 0.393 e.